The van der Waals surface area contributed by atoms with Gasteiger partial charge in [0.05, 0.1) is 17.4 Å². The van der Waals surface area contributed by atoms with Gasteiger partial charge in [-0.1, -0.05) is 0 Å². The number of amides is 1. The van der Waals surface area contributed by atoms with E-state index in [4.69, 9.17) is 0 Å². The van der Waals surface area contributed by atoms with Crippen molar-refractivity contribution in [1.29, 1.82) is 0 Å². The molecule has 0 radical (unpaired) electrons. The van der Waals surface area contributed by atoms with Crippen molar-refractivity contribution >= 4 is 21.4 Å². The van der Waals surface area contributed by atoms with Crippen LogP contribution in [0.1, 0.15) is 10.4 Å². The number of hydrogen-bond acceptors (Lipinski definition) is 5. The van der Waals surface area contributed by atoms with Gasteiger partial charge in [0, 0.05) is 12.5 Å². The van der Waals surface area contributed by atoms with Gasteiger partial charge in [-0.15, -0.1) is 0 Å². The third-order valence-electron chi connectivity index (χ3n) is 2.36. The molecule has 0 saturated carbocycles. The Morgan fingerprint density at radius 1 is 1.15 bits per heavy atom. The van der Waals surface area contributed by atoms with Crippen LogP contribution < -0.4 is 5.32 Å². The first-order chi connectivity index (χ1) is 9.36. The van der Waals surface area contributed by atoms with Gasteiger partial charge in [-0.05, 0) is 24.3 Å². The first-order valence-electron chi connectivity index (χ1n) is 5.45. The Balaban J connectivity index is 2.14. The fraction of sp³-hybridized carbons (Fsp3) is 0.0833. The van der Waals surface area contributed by atoms with E-state index in [9.17, 15) is 17.6 Å². The molecule has 0 saturated heterocycles. The van der Waals surface area contributed by atoms with Gasteiger partial charge in [0.2, 0.25) is 5.95 Å². The molecule has 0 bridgehead atoms. The maximum absolute atomic E-state index is 12.6. The predicted octanol–water partition coefficient (Wildman–Crippen LogP) is 1.27. The summed E-state index contributed by atoms with van der Waals surface area (Å²) in [7, 11) is -3.38. The van der Waals surface area contributed by atoms with Crippen LogP contribution in [0.2, 0.25) is 0 Å². The first kappa shape index (κ1) is 14.1. The molecule has 20 heavy (non-hydrogen) atoms. The van der Waals surface area contributed by atoms with Gasteiger partial charge in [-0.3, -0.25) is 4.79 Å². The zero-order chi connectivity index (χ0) is 14.8. The summed E-state index contributed by atoms with van der Waals surface area (Å²) in [5.74, 6) is -1.17. The van der Waals surface area contributed by atoms with Gasteiger partial charge in [-0.25, -0.2) is 18.4 Å². The van der Waals surface area contributed by atoms with E-state index >= 15 is 0 Å². The number of aromatic nitrogens is 2. The summed E-state index contributed by atoms with van der Waals surface area (Å²) in [6.45, 7) is 0. The van der Waals surface area contributed by atoms with Gasteiger partial charge < -0.3 is 5.32 Å². The van der Waals surface area contributed by atoms with E-state index in [1.165, 1.54) is 24.4 Å². The van der Waals surface area contributed by atoms with Gasteiger partial charge in [0.15, 0.2) is 14.9 Å². The van der Waals surface area contributed by atoms with Crippen molar-refractivity contribution in [2.45, 2.75) is 5.03 Å². The summed E-state index contributed by atoms with van der Waals surface area (Å²) < 4.78 is 35.1. The zero-order valence-corrected chi connectivity index (χ0v) is 11.2. The van der Waals surface area contributed by atoms with E-state index in [0.717, 1.165) is 18.5 Å². The van der Waals surface area contributed by atoms with Crippen LogP contribution in [0.25, 0.3) is 0 Å². The van der Waals surface area contributed by atoms with Crippen LogP contribution in [-0.4, -0.2) is 30.5 Å². The number of rotatable bonds is 3. The Hall–Kier alpha value is -2.35. The third-order valence-corrected chi connectivity index (χ3v) is 3.36. The fourth-order valence-corrected chi connectivity index (χ4v) is 1.95. The second-order valence-corrected chi connectivity index (χ2v) is 5.94. The summed E-state index contributed by atoms with van der Waals surface area (Å²) in [5.41, 5.74) is 0.505. The number of carbonyl (C=O) groups excluding carboxylic acids is 1. The van der Waals surface area contributed by atoms with Crippen molar-refractivity contribution in [3.8, 4) is 0 Å². The molecule has 0 aromatic carbocycles. The van der Waals surface area contributed by atoms with E-state index in [1.54, 1.807) is 0 Å². The quantitative estimate of drug-likeness (QED) is 0.861. The summed E-state index contributed by atoms with van der Waals surface area (Å²) in [6, 6.07) is 5.06. The molecule has 2 rings (SSSR count). The highest BCUT2D eigenvalue weighted by Gasteiger charge is 2.10. The highest BCUT2D eigenvalue weighted by atomic mass is 32.2. The summed E-state index contributed by atoms with van der Waals surface area (Å²) in [4.78, 5) is 18.9. The van der Waals surface area contributed by atoms with Gasteiger partial charge in [0.1, 0.15) is 0 Å². The molecule has 8 heteroatoms. The van der Waals surface area contributed by atoms with Crippen molar-refractivity contribution in [3.05, 3.63) is 48.2 Å². The van der Waals surface area contributed by atoms with Gasteiger partial charge in [0.25, 0.3) is 5.91 Å². The van der Waals surface area contributed by atoms with Crippen LogP contribution in [0.3, 0.4) is 0 Å². The maximum Gasteiger partial charge on any atom is 0.257 e. The normalized spacial score (nSPS) is 11.1. The van der Waals surface area contributed by atoms with E-state index in [1.807, 2.05) is 0 Å². The SMILES string of the molecule is CS(=O)(=O)c1ccc(NC(=O)c2ccc(F)nc2)cn1. The summed E-state index contributed by atoms with van der Waals surface area (Å²) >= 11 is 0. The molecule has 2 aromatic rings. The average Bonchev–Trinajstić information content (AvgIpc) is 2.39. The van der Waals surface area contributed by atoms with Crippen molar-refractivity contribution in [3.63, 3.8) is 0 Å². The number of pyridine rings is 2. The minimum Gasteiger partial charge on any atom is -0.321 e. The highest BCUT2D eigenvalue weighted by Crippen LogP contribution is 2.11. The van der Waals surface area contributed by atoms with Crippen LogP contribution in [0.15, 0.2) is 41.7 Å². The highest BCUT2D eigenvalue weighted by molar-refractivity contribution is 7.90. The van der Waals surface area contributed by atoms with Crippen LogP contribution in [-0.2, 0) is 9.84 Å². The van der Waals surface area contributed by atoms with Crippen molar-refractivity contribution < 1.29 is 17.6 Å². The van der Waals surface area contributed by atoms with Crippen LogP contribution >= 0.6 is 0 Å². The molecule has 2 heterocycles. The first-order valence-corrected chi connectivity index (χ1v) is 7.34. The Bertz CT molecular complexity index is 728. The van der Waals surface area contributed by atoms with Gasteiger partial charge in [-0.2, -0.15) is 4.39 Å². The molecule has 0 aliphatic rings. The second-order valence-electron chi connectivity index (χ2n) is 3.98. The molecule has 0 unspecified atom stereocenters. The standard InChI is InChI=1S/C12H10FN3O3S/c1-20(18,19)11-5-3-9(7-15-11)16-12(17)8-2-4-10(13)14-6-8/h2-7H,1H3,(H,16,17). The molecule has 0 aliphatic heterocycles. The van der Waals surface area contributed by atoms with E-state index < -0.39 is 21.7 Å². The number of anilines is 1. The minimum atomic E-state index is -3.38. The number of nitrogens with one attached hydrogen (secondary N) is 1. The second kappa shape index (κ2) is 5.33. The zero-order valence-electron chi connectivity index (χ0n) is 10.4. The van der Waals surface area contributed by atoms with Crippen LogP contribution in [0.5, 0.6) is 0 Å². The van der Waals surface area contributed by atoms with Crippen LogP contribution in [0, 0.1) is 5.95 Å². The predicted molar refractivity (Wildman–Crippen MR) is 69.5 cm³/mol. The molecule has 0 fully saturated rings. The molecule has 0 spiro atoms. The number of nitrogens with zero attached hydrogens (tertiary/aromatic N) is 2. The summed E-state index contributed by atoms with van der Waals surface area (Å²) in [6.07, 6.45) is 3.37. The lowest BCUT2D eigenvalue weighted by Gasteiger charge is -2.05. The van der Waals surface area contributed by atoms with Gasteiger partial charge >= 0.3 is 0 Å². The Morgan fingerprint density at radius 3 is 2.40 bits per heavy atom. The average molecular weight is 295 g/mol. The molecular formula is C12H10FN3O3S. The smallest absolute Gasteiger partial charge is 0.257 e. The molecule has 2 aromatic heterocycles. The largest absolute Gasteiger partial charge is 0.321 e. The minimum absolute atomic E-state index is 0.0843. The Kier molecular flexibility index (Phi) is 3.75. The molecule has 104 valence electrons. The van der Waals surface area contributed by atoms with E-state index in [0.29, 0.717) is 5.69 Å². The van der Waals surface area contributed by atoms with Crippen molar-refractivity contribution in [1.82, 2.24) is 9.97 Å². The lowest BCUT2D eigenvalue weighted by atomic mass is 10.2. The van der Waals surface area contributed by atoms with E-state index in [-0.39, 0.29) is 10.6 Å². The summed E-state index contributed by atoms with van der Waals surface area (Å²) in [5, 5.41) is 2.41. The molecule has 1 N–H and O–H groups in total. The fourth-order valence-electron chi connectivity index (χ4n) is 1.39. The molecule has 0 aliphatic carbocycles. The Morgan fingerprint density at radius 2 is 1.90 bits per heavy atom. The number of carbonyl (C=O) groups is 1. The lowest BCUT2D eigenvalue weighted by molar-refractivity contribution is 0.102. The van der Waals surface area contributed by atoms with Crippen molar-refractivity contribution in [2.75, 3.05) is 11.6 Å². The van der Waals surface area contributed by atoms with Crippen molar-refractivity contribution in [2.24, 2.45) is 0 Å². The number of hydrogen-bond donors (Lipinski definition) is 1. The topological polar surface area (TPSA) is 89.0 Å². The third kappa shape index (κ3) is 3.35. The molecule has 1 amide bonds. The Labute approximate surface area is 114 Å². The number of halogens is 1. The molecule has 0 atom stereocenters. The number of sulfone groups is 1. The van der Waals surface area contributed by atoms with Crippen LogP contribution in [0.4, 0.5) is 10.1 Å². The molecular weight excluding hydrogens is 285 g/mol. The van der Waals surface area contributed by atoms with E-state index in [2.05, 4.69) is 15.3 Å². The monoisotopic (exact) mass is 295 g/mol. The lowest BCUT2D eigenvalue weighted by Crippen LogP contribution is -2.13. The maximum atomic E-state index is 12.6. The molecule has 6 nitrogen and oxygen atoms in total.